The number of aromatic nitrogens is 1. The van der Waals surface area contributed by atoms with Crippen molar-refractivity contribution in [1.29, 1.82) is 5.26 Å². The molecule has 3 N–H and O–H groups in total. The minimum absolute atomic E-state index is 0.185. The van der Waals surface area contributed by atoms with E-state index in [0.717, 1.165) is 5.69 Å². The fraction of sp³-hybridized carbons (Fsp3) is 0.143. The van der Waals surface area contributed by atoms with Crippen molar-refractivity contribution >= 4 is 5.91 Å². The summed E-state index contributed by atoms with van der Waals surface area (Å²) in [7, 11) is 0. The molecular formula is C7H7N3O. The highest BCUT2D eigenvalue weighted by Crippen LogP contribution is 2.07. The molecule has 0 bridgehead atoms. The van der Waals surface area contributed by atoms with Crippen LogP contribution in [0.5, 0.6) is 0 Å². The van der Waals surface area contributed by atoms with Crippen molar-refractivity contribution < 1.29 is 4.79 Å². The molecule has 0 saturated carbocycles. The predicted molar refractivity (Wildman–Crippen MR) is 38.8 cm³/mol. The second-order valence-corrected chi connectivity index (χ2v) is 2.22. The number of hydrogen-bond acceptors (Lipinski definition) is 2. The Balaban J connectivity index is 3.26. The summed E-state index contributed by atoms with van der Waals surface area (Å²) in [6, 6.07) is 3.45. The Morgan fingerprint density at radius 1 is 1.82 bits per heavy atom. The number of amides is 1. The predicted octanol–water partition coefficient (Wildman–Crippen LogP) is 0.294. The molecule has 1 aromatic rings. The van der Waals surface area contributed by atoms with E-state index < -0.39 is 5.91 Å². The number of carbonyl (C=O) groups is 1. The van der Waals surface area contributed by atoms with Crippen LogP contribution in [-0.2, 0) is 0 Å². The average molecular weight is 149 g/mol. The lowest BCUT2D eigenvalue weighted by atomic mass is 10.2. The molecule has 0 aliphatic rings. The normalized spacial score (nSPS) is 9.09. The summed E-state index contributed by atoms with van der Waals surface area (Å²) < 4.78 is 0. The number of nitrogens with one attached hydrogen (secondary N) is 1. The van der Waals surface area contributed by atoms with E-state index in [2.05, 4.69) is 4.98 Å². The number of aromatic amines is 1. The lowest BCUT2D eigenvalue weighted by Gasteiger charge is -1.87. The van der Waals surface area contributed by atoms with Crippen molar-refractivity contribution in [1.82, 2.24) is 4.98 Å². The van der Waals surface area contributed by atoms with E-state index in [4.69, 9.17) is 11.0 Å². The molecule has 0 spiro atoms. The van der Waals surface area contributed by atoms with Gasteiger partial charge in [0.1, 0.15) is 11.8 Å². The van der Waals surface area contributed by atoms with Crippen LogP contribution < -0.4 is 5.73 Å². The van der Waals surface area contributed by atoms with Gasteiger partial charge < -0.3 is 10.7 Å². The molecule has 0 atom stereocenters. The van der Waals surface area contributed by atoms with Crippen LogP contribution in [0.3, 0.4) is 0 Å². The van der Waals surface area contributed by atoms with E-state index in [1.165, 1.54) is 0 Å². The molecule has 0 aliphatic heterocycles. The molecule has 0 unspecified atom stereocenters. The summed E-state index contributed by atoms with van der Waals surface area (Å²) in [5, 5.41) is 8.50. The van der Waals surface area contributed by atoms with Crippen LogP contribution in [0.4, 0.5) is 0 Å². The van der Waals surface area contributed by atoms with Crippen LogP contribution in [0.1, 0.15) is 21.7 Å². The maximum atomic E-state index is 10.6. The molecule has 4 heteroatoms. The number of H-pyrrole nitrogens is 1. The Morgan fingerprint density at radius 3 is 2.82 bits per heavy atom. The molecule has 1 heterocycles. The molecule has 56 valence electrons. The van der Waals surface area contributed by atoms with Crippen LogP contribution in [0.15, 0.2) is 6.07 Å². The molecule has 11 heavy (non-hydrogen) atoms. The third-order valence-corrected chi connectivity index (χ3v) is 1.32. The summed E-state index contributed by atoms with van der Waals surface area (Å²) >= 11 is 0. The van der Waals surface area contributed by atoms with E-state index >= 15 is 0 Å². The first-order chi connectivity index (χ1) is 5.15. The van der Waals surface area contributed by atoms with Gasteiger partial charge in [0.25, 0.3) is 5.91 Å². The van der Waals surface area contributed by atoms with Gasteiger partial charge in [-0.15, -0.1) is 0 Å². The van der Waals surface area contributed by atoms with E-state index in [0.29, 0.717) is 5.56 Å². The first kappa shape index (κ1) is 7.35. The molecule has 0 saturated heterocycles. The number of primary amides is 1. The Morgan fingerprint density at radius 2 is 2.45 bits per heavy atom. The fourth-order valence-corrected chi connectivity index (χ4v) is 0.872. The van der Waals surface area contributed by atoms with E-state index in [1.807, 2.05) is 6.07 Å². The maximum absolute atomic E-state index is 10.6. The highest BCUT2D eigenvalue weighted by atomic mass is 16.1. The third kappa shape index (κ3) is 1.22. The summed E-state index contributed by atoms with van der Waals surface area (Å²) in [5.74, 6) is -0.602. The molecule has 0 fully saturated rings. The quantitative estimate of drug-likeness (QED) is 0.601. The van der Waals surface area contributed by atoms with Gasteiger partial charge in [-0.05, 0) is 13.0 Å². The number of hydrogen-bond donors (Lipinski definition) is 2. The van der Waals surface area contributed by atoms with Crippen LogP contribution >= 0.6 is 0 Å². The Hall–Kier alpha value is -1.76. The third-order valence-electron chi connectivity index (χ3n) is 1.32. The van der Waals surface area contributed by atoms with Crippen molar-refractivity contribution in [2.75, 3.05) is 0 Å². The van der Waals surface area contributed by atoms with Crippen molar-refractivity contribution in [2.24, 2.45) is 5.73 Å². The van der Waals surface area contributed by atoms with Crippen molar-refractivity contribution in [3.05, 3.63) is 23.0 Å². The highest BCUT2D eigenvalue weighted by Gasteiger charge is 2.09. The zero-order valence-electron chi connectivity index (χ0n) is 6.01. The van der Waals surface area contributed by atoms with Gasteiger partial charge in [-0.25, -0.2) is 0 Å². The molecular weight excluding hydrogens is 142 g/mol. The Labute approximate surface area is 63.6 Å². The zero-order chi connectivity index (χ0) is 8.43. The van der Waals surface area contributed by atoms with E-state index in [-0.39, 0.29) is 5.69 Å². The molecule has 0 aromatic carbocycles. The van der Waals surface area contributed by atoms with Gasteiger partial charge in [-0.3, -0.25) is 4.79 Å². The number of carbonyl (C=O) groups excluding carboxylic acids is 1. The number of nitriles is 1. The lowest BCUT2D eigenvalue weighted by Crippen LogP contribution is -2.12. The maximum Gasteiger partial charge on any atom is 0.266 e. The minimum atomic E-state index is -0.602. The smallest absolute Gasteiger partial charge is 0.266 e. The number of rotatable bonds is 1. The van der Waals surface area contributed by atoms with Gasteiger partial charge in [0, 0.05) is 5.69 Å². The van der Waals surface area contributed by atoms with Crippen LogP contribution in [0.25, 0.3) is 0 Å². The summed E-state index contributed by atoms with van der Waals surface area (Å²) in [6.07, 6.45) is 0. The molecule has 1 amide bonds. The van der Waals surface area contributed by atoms with Crippen molar-refractivity contribution in [3.63, 3.8) is 0 Å². The molecule has 4 nitrogen and oxygen atoms in total. The summed E-state index contributed by atoms with van der Waals surface area (Å²) in [6.45, 7) is 1.76. The SMILES string of the molecule is Cc1cc(C#N)c(C(N)=O)[nH]1. The van der Waals surface area contributed by atoms with Crippen molar-refractivity contribution in [2.45, 2.75) is 6.92 Å². The van der Waals surface area contributed by atoms with E-state index in [1.54, 1.807) is 13.0 Å². The van der Waals surface area contributed by atoms with E-state index in [9.17, 15) is 4.79 Å². The second kappa shape index (κ2) is 2.46. The van der Waals surface area contributed by atoms with Gasteiger partial charge in [-0.2, -0.15) is 5.26 Å². The van der Waals surface area contributed by atoms with Crippen LogP contribution in [0, 0.1) is 18.3 Å². The topological polar surface area (TPSA) is 82.7 Å². The molecule has 1 rings (SSSR count). The lowest BCUT2D eigenvalue weighted by molar-refractivity contribution is 0.0996. The molecule has 0 radical (unpaired) electrons. The summed E-state index contributed by atoms with van der Waals surface area (Å²) in [4.78, 5) is 13.3. The number of aryl methyl sites for hydroxylation is 1. The summed E-state index contributed by atoms with van der Waals surface area (Å²) in [5.41, 5.74) is 6.23. The zero-order valence-corrected chi connectivity index (χ0v) is 6.01. The Bertz CT molecular complexity index is 332. The largest absolute Gasteiger partial charge is 0.364 e. The standard InChI is InChI=1S/C7H7N3O/c1-4-2-5(3-8)6(10-4)7(9)11/h2,10H,1H3,(H2,9,11). The average Bonchev–Trinajstić information content (AvgIpc) is 2.30. The monoisotopic (exact) mass is 149 g/mol. The Kier molecular flexibility index (Phi) is 1.65. The fourth-order valence-electron chi connectivity index (χ4n) is 0.872. The van der Waals surface area contributed by atoms with Gasteiger partial charge in [0.2, 0.25) is 0 Å². The van der Waals surface area contributed by atoms with Gasteiger partial charge in [0.05, 0.1) is 5.56 Å². The number of nitrogens with zero attached hydrogens (tertiary/aromatic N) is 1. The molecule has 1 aromatic heterocycles. The van der Waals surface area contributed by atoms with Gasteiger partial charge in [-0.1, -0.05) is 0 Å². The second-order valence-electron chi connectivity index (χ2n) is 2.22. The van der Waals surface area contributed by atoms with Gasteiger partial charge >= 0.3 is 0 Å². The van der Waals surface area contributed by atoms with Crippen LogP contribution in [0.2, 0.25) is 0 Å². The first-order valence-corrected chi connectivity index (χ1v) is 3.04. The minimum Gasteiger partial charge on any atom is -0.364 e. The van der Waals surface area contributed by atoms with Gasteiger partial charge in [0.15, 0.2) is 0 Å². The highest BCUT2D eigenvalue weighted by molar-refractivity contribution is 5.93. The van der Waals surface area contributed by atoms with Crippen LogP contribution in [-0.4, -0.2) is 10.9 Å². The van der Waals surface area contributed by atoms with Crippen molar-refractivity contribution in [3.8, 4) is 6.07 Å². The molecule has 0 aliphatic carbocycles. The first-order valence-electron chi connectivity index (χ1n) is 3.04. The number of nitrogens with two attached hydrogens (primary N) is 1.